The molecule has 9 rings (SSSR count). The Morgan fingerprint density at radius 3 is 2.45 bits per heavy atom. The summed E-state index contributed by atoms with van der Waals surface area (Å²) >= 11 is 6.59. The highest BCUT2D eigenvalue weighted by Gasteiger charge is 2.42. The number of hydrogen-bond acceptors (Lipinski definition) is 13. The molecule has 17 nitrogen and oxygen atoms in total. The number of ether oxygens (including phenoxy) is 2. The number of carbonyl (C=O) groups excluding carboxylic acids is 4. The number of benzene rings is 2. The van der Waals surface area contributed by atoms with E-state index in [0.29, 0.717) is 52.9 Å². The number of piperidine rings is 2. The third-order valence-electron chi connectivity index (χ3n) is 13.1. The second-order valence-corrected chi connectivity index (χ2v) is 17.8. The normalized spacial score (nSPS) is 21.9. The van der Waals surface area contributed by atoms with Gasteiger partial charge < -0.3 is 39.4 Å². The Hall–Kier alpha value is -5.85. The Morgan fingerprint density at radius 1 is 0.969 bits per heavy atom. The summed E-state index contributed by atoms with van der Waals surface area (Å²) in [6.45, 7) is 7.94. The molecule has 3 saturated heterocycles. The van der Waals surface area contributed by atoms with Crippen molar-refractivity contribution in [2.45, 2.75) is 89.3 Å². The van der Waals surface area contributed by atoms with Crippen LogP contribution in [0.5, 0.6) is 5.75 Å². The summed E-state index contributed by atoms with van der Waals surface area (Å²) in [4.78, 5) is 79.7. The van der Waals surface area contributed by atoms with Crippen LogP contribution in [0.3, 0.4) is 0 Å². The van der Waals surface area contributed by atoms with Gasteiger partial charge in [0.25, 0.3) is 17.4 Å². The molecule has 0 bridgehead atoms. The van der Waals surface area contributed by atoms with Crippen LogP contribution in [0.4, 0.5) is 27.5 Å². The number of likely N-dealkylation sites (N-methyl/N-ethyl adjacent to an activating group) is 1. The van der Waals surface area contributed by atoms with Crippen molar-refractivity contribution in [1.29, 1.82) is 0 Å². The summed E-state index contributed by atoms with van der Waals surface area (Å²) in [6.07, 6.45) is 5.88. The summed E-state index contributed by atoms with van der Waals surface area (Å²) in [5.74, 6) is -0.904. The van der Waals surface area contributed by atoms with Crippen LogP contribution in [-0.4, -0.2) is 125 Å². The fourth-order valence-electron chi connectivity index (χ4n) is 9.54. The van der Waals surface area contributed by atoms with E-state index in [9.17, 15) is 24.0 Å². The maximum Gasteiger partial charge on any atom is 0.293 e. The average molecular weight is 899 g/mol. The number of hydrogen-bond donors (Lipinski definition) is 3. The van der Waals surface area contributed by atoms with E-state index in [0.717, 1.165) is 62.8 Å². The van der Waals surface area contributed by atoms with Gasteiger partial charge in [0.15, 0.2) is 24.0 Å². The number of aromatic nitrogens is 3. The first-order chi connectivity index (χ1) is 30.8. The van der Waals surface area contributed by atoms with E-state index in [1.165, 1.54) is 11.9 Å². The molecule has 1 atom stereocenters. The van der Waals surface area contributed by atoms with E-state index in [4.69, 9.17) is 26.1 Å². The molecule has 0 spiro atoms. The van der Waals surface area contributed by atoms with Crippen LogP contribution in [0.2, 0.25) is 5.02 Å². The Morgan fingerprint density at radius 2 is 1.73 bits per heavy atom. The zero-order valence-corrected chi connectivity index (χ0v) is 36.8. The van der Waals surface area contributed by atoms with Gasteiger partial charge in [0.1, 0.15) is 11.1 Å². The molecule has 3 N–H and O–H groups in total. The lowest BCUT2D eigenvalue weighted by molar-refractivity contribution is -0.137. The summed E-state index contributed by atoms with van der Waals surface area (Å²) in [5.41, 5.74) is 2.17. The number of rotatable bonds is 12. The minimum Gasteiger partial charge on any atom is -0.478 e. The van der Waals surface area contributed by atoms with E-state index < -0.39 is 17.8 Å². The first-order valence-electron chi connectivity index (χ1n) is 22.0. The summed E-state index contributed by atoms with van der Waals surface area (Å²) in [5, 5.41) is 9.22. The number of fused-ring (bicyclic) bond motifs is 2. The average Bonchev–Trinajstić information content (AvgIpc) is 3.61. The maximum atomic E-state index is 16.0. The molecule has 2 aromatic heterocycles. The van der Waals surface area contributed by atoms with Crippen molar-refractivity contribution in [1.82, 2.24) is 35.0 Å². The number of carbonyl (C=O) groups is 4. The van der Waals surface area contributed by atoms with Crippen LogP contribution in [0.15, 0.2) is 47.4 Å². The Kier molecular flexibility index (Phi) is 12.2. The molecule has 5 aliphatic rings. The first kappa shape index (κ1) is 43.4. The maximum absolute atomic E-state index is 16.0. The topological polar surface area (TPSA) is 184 Å². The molecule has 4 amide bonds. The third kappa shape index (κ3) is 8.57. The van der Waals surface area contributed by atoms with Crippen LogP contribution in [0.25, 0.3) is 10.9 Å². The second-order valence-electron chi connectivity index (χ2n) is 17.4. The van der Waals surface area contributed by atoms with Crippen molar-refractivity contribution in [3.63, 3.8) is 0 Å². The lowest BCUT2D eigenvalue weighted by atomic mass is 9.87. The van der Waals surface area contributed by atoms with Gasteiger partial charge in [0, 0.05) is 87.0 Å². The van der Waals surface area contributed by atoms with Crippen molar-refractivity contribution in [2.75, 3.05) is 68.0 Å². The Balaban J connectivity index is 0.746. The number of anilines is 4. The number of halogens is 2. The number of imide groups is 1. The molecule has 6 heterocycles. The van der Waals surface area contributed by atoms with Crippen molar-refractivity contribution in [3.8, 4) is 5.75 Å². The molecule has 2 aromatic carbocycles. The predicted molar refractivity (Wildman–Crippen MR) is 238 cm³/mol. The number of piperazine rings is 1. The highest BCUT2D eigenvalue weighted by molar-refractivity contribution is 6.33. The zero-order valence-electron chi connectivity index (χ0n) is 36.1. The van der Waals surface area contributed by atoms with Crippen molar-refractivity contribution in [3.05, 3.63) is 74.9 Å². The molecule has 4 fully saturated rings. The van der Waals surface area contributed by atoms with Gasteiger partial charge in [0.05, 0.1) is 36.2 Å². The lowest BCUT2D eigenvalue weighted by Crippen LogP contribution is -2.56. The molecule has 0 radical (unpaired) electrons. The van der Waals surface area contributed by atoms with Crippen molar-refractivity contribution in [2.24, 2.45) is 0 Å². The highest BCUT2D eigenvalue weighted by Crippen LogP contribution is 2.37. The van der Waals surface area contributed by atoms with E-state index >= 15 is 4.39 Å². The van der Waals surface area contributed by atoms with Crippen LogP contribution in [-0.2, 0) is 25.7 Å². The molecular weight excluding hydrogens is 847 g/mol. The predicted octanol–water partition coefficient (Wildman–Crippen LogP) is 4.13. The van der Waals surface area contributed by atoms with Gasteiger partial charge >= 0.3 is 0 Å². The van der Waals surface area contributed by atoms with Gasteiger partial charge in [0.2, 0.25) is 17.8 Å². The summed E-state index contributed by atoms with van der Waals surface area (Å²) < 4.78 is 29.8. The van der Waals surface area contributed by atoms with Crippen LogP contribution in [0, 0.1) is 5.82 Å². The Bertz CT molecular complexity index is 2550. The van der Waals surface area contributed by atoms with Crippen molar-refractivity contribution >= 4 is 69.3 Å². The number of amides is 4. The van der Waals surface area contributed by atoms with Gasteiger partial charge in [-0.1, -0.05) is 11.6 Å². The molecule has 64 heavy (non-hydrogen) atoms. The summed E-state index contributed by atoms with van der Waals surface area (Å²) in [7, 11) is 1.51. The molecule has 338 valence electrons. The number of nitrogens with one attached hydrogen (secondary N) is 3. The van der Waals surface area contributed by atoms with E-state index in [1.807, 2.05) is 36.9 Å². The van der Waals surface area contributed by atoms with Crippen molar-refractivity contribution < 1.29 is 33.0 Å². The quantitative estimate of drug-likeness (QED) is 0.173. The van der Waals surface area contributed by atoms with Crippen LogP contribution >= 0.6 is 11.6 Å². The first-order valence-corrected chi connectivity index (χ1v) is 22.4. The van der Waals surface area contributed by atoms with E-state index in [2.05, 4.69) is 30.7 Å². The van der Waals surface area contributed by atoms with Crippen LogP contribution in [0.1, 0.15) is 74.3 Å². The second kappa shape index (κ2) is 18.0. The van der Waals surface area contributed by atoms with Gasteiger partial charge in [-0.15, -0.1) is 0 Å². The van der Waals surface area contributed by atoms with Gasteiger partial charge in [-0.2, -0.15) is 4.98 Å². The lowest BCUT2D eigenvalue weighted by Gasteiger charge is -2.47. The molecule has 1 aliphatic carbocycles. The van der Waals surface area contributed by atoms with Gasteiger partial charge in [-0.25, -0.2) is 9.37 Å². The minimum absolute atomic E-state index is 0.0113. The SMILES string of the molecule is CNC(=O)COc1cc2cc(Nc3nc(N4CCC(OC5CC(N6CCN(c7ccc8c(c7F)CN([C@H]7CCC(=O)NC7=O)C8=O)CC6)C5)CC4)ncc3Cl)ccc2n(C(C)C)c1=O. The third-order valence-corrected chi connectivity index (χ3v) is 13.4. The van der Waals surface area contributed by atoms with E-state index in [-0.39, 0.29) is 78.8 Å². The number of nitrogens with zero attached hydrogens (tertiary/aromatic N) is 7. The molecule has 1 saturated carbocycles. The van der Waals surface area contributed by atoms with Crippen LogP contribution < -0.4 is 36.0 Å². The minimum atomic E-state index is -0.783. The fourth-order valence-corrected chi connectivity index (χ4v) is 9.68. The van der Waals surface area contributed by atoms with Gasteiger partial charge in [-0.3, -0.25) is 34.2 Å². The highest BCUT2D eigenvalue weighted by atomic mass is 35.5. The molecular formula is C45H52ClFN10O7. The summed E-state index contributed by atoms with van der Waals surface area (Å²) in [6, 6.07) is 10.1. The fraction of sp³-hybridized carbons (Fsp3) is 0.489. The molecule has 0 unspecified atom stereocenters. The monoisotopic (exact) mass is 898 g/mol. The zero-order chi connectivity index (χ0) is 44.8. The molecule has 19 heteroatoms. The smallest absolute Gasteiger partial charge is 0.293 e. The number of pyridine rings is 1. The molecule has 4 aromatic rings. The standard InChI is InChI=1S/C45H52ClFN10O7/c1-25(2)57-34-6-4-27(18-26(34)19-37(44(57)62)63-24-39(59)48-3)50-41-33(46)22-49-45(52-41)55-12-10-29(11-13-55)64-30-20-28(21-30)53-14-16-54(17-15-53)35-7-5-31-32(40(35)47)23-56(43(31)61)36-8-9-38(58)51-42(36)60/h4-7,18-19,22,25,28-30,36H,8-17,20-21,23-24H2,1-3H3,(H,48,59)(H,49,50,52)(H,51,58,60)/t28?,30?,36-/m0/s1. The largest absolute Gasteiger partial charge is 0.478 e. The van der Waals surface area contributed by atoms with Gasteiger partial charge in [-0.05, 0) is 82.3 Å². The van der Waals surface area contributed by atoms with E-state index in [1.54, 1.807) is 29.0 Å². The molecule has 4 aliphatic heterocycles. The Labute approximate surface area is 374 Å².